The molecular formula is C11H14N2O4. The maximum atomic E-state index is 12.1. The van der Waals surface area contributed by atoms with E-state index in [0.29, 0.717) is 31.6 Å². The van der Waals surface area contributed by atoms with Crippen LogP contribution in [0.4, 0.5) is 0 Å². The Morgan fingerprint density at radius 1 is 1.65 bits per heavy atom. The molecule has 0 unspecified atom stereocenters. The number of carboxylic acids is 1. The molecule has 92 valence electrons. The van der Waals surface area contributed by atoms with Gasteiger partial charge in [0.25, 0.3) is 5.91 Å². The summed E-state index contributed by atoms with van der Waals surface area (Å²) in [4.78, 5) is 28.4. The first-order valence-corrected chi connectivity index (χ1v) is 5.61. The van der Waals surface area contributed by atoms with Crippen molar-refractivity contribution < 1.29 is 19.1 Å². The second-order valence-electron chi connectivity index (χ2n) is 3.97. The van der Waals surface area contributed by atoms with Gasteiger partial charge in [-0.3, -0.25) is 4.79 Å². The van der Waals surface area contributed by atoms with Gasteiger partial charge in [-0.25, -0.2) is 9.78 Å². The van der Waals surface area contributed by atoms with E-state index in [1.165, 1.54) is 11.3 Å². The molecule has 0 aromatic carbocycles. The summed E-state index contributed by atoms with van der Waals surface area (Å²) in [5.41, 5.74) is 0.237. The minimum Gasteiger partial charge on any atom is -0.480 e. The van der Waals surface area contributed by atoms with Crippen LogP contribution in [-0.2, 0) is 11.2 Å². The lowest BCUT2D eigenvalue weighted by molar-refractivity contribution is -0.141. The van der Waals surface area contributed by atoms with Gasteiger partial charge in [-0.2, -0.15) is 0 Å². The first kappa shape index (κ1) is 11.6. The smallest absolute Gasteiger partial charge is 0.326 e. The molecule has 6 heteroatoms. The molecule has 1 saturated heterocycles. The van der Waals surface area contributed by atoms with E-state index in [9.17, 15) is 9.59 Å². The van der Waals surface area contributed by atoms with Crippen molar-refractivity contribution in [1.29, 1.82) is 0 Å². The third kappa shape index (κ3) is 2.02. The minimum absolute atomic E-state index is 0.237. The number of hydrogen-bond donors (Lipinski definition) is 1. The molecule has 0 bridgehead atoms. The Bertz CT molecular complexity index is 440. The lowest BCUT2D eigenvalue weighted by atomic mass is 10.2. The fourth-order valence-electron chi connectivity index (χ4n) is 2.10. The van der Waals surface area contributed by atoms with E-state index in [2.05, 4.69) is 4.98 Å². The van der Waals surface area contributed by atoms with Crippen molar-refractivity contribution in [2.24, 2.45) is 0 Å². The van der Waals surface area contributed by atoms with Gasteiger partial charge in [0.1, 0.15) is 11.8 Å². The Hall–Kier alpha value is -1.85. The zero-order chi connectivity index (χ0) is 12.4. The molecule has 6 nitrogen and oxygen atoms in total. The van der Waals surface area contributed by atoms with Crippen molar-refractivity contribution in [3.05, 3.63) is 17.8 Å². The molecule has 17 heavy (non-hydrogen) atoms. The number of aliphatic carboxylic acids is 1. The lowest BCUT2D eigenvalue weighted by Crippen LogP contribution is -2.40. The summed E-state index contributed by atoms with van der Waals surface area (Å²) >= 11 is 0. The minimum atomic E-state index is -0.961. The molecule has 1 aromatic rings. The van der Waals surface area contributed by atoms with Gasteiger partial charge in [-0.1, -0.05) is 6.92 Å². The topological polar surface area (TPSA) is 83.6 Å². The van der Waals surface area contributed by atoms with Crippen molar-refractivity contribution in [2.75, 3.05) is 6.54 Å². The van der Waals surface area contributed by atoms with Crippen molar-refractivity contribution in [1.82, 2.24) is 9.88 Å². The molecule has 1 aromatic heterocycles. The largest absolute Gasteiger partial charge is 0.480 e. The maximum Gasteiger partial charge on any atom is 0.326 e. The van der Waals surface area contributed by atoms with Crippen LogP contribution >= 0.6 is 0 Å². The Morgan fingerprint density at radius 2 is 2.41 bits per heavy atom. The summed E-state index contributed by atoms with van der Waals surface area (Å²) in [7, 11) is 0. The van der Waals surface area contributed by atoms with Gasteiger partial charge < -0.3 is 14.4 Å². The van der Waals surface area contributed by atoms with Crippen molar-refractivity contribution in [3.8, 4) is 0 Å². The molecule has 2 rings (SSSR count). The van der Waals surface area contributed by atoms with Gasteiger partial charge in [-0.05, 0) is 12.8 Å². The van der Waals surface area contributed by atoms with Crippen LogP contribution in [-0.4, -0.2) is 39.5 Å². The van der Waals surface area contributed by atoms with Gasteiger partial charge in [0.05, 0.1) is 0 Å². The first-order chi connectivity index (χ1) is 8.15. The molecule has 1 N–H and O–H groups in total. The standard InChI is InChI=1S/C11H14N2O4/c1-2-8-9(12-6-17-8)10(14)13-5-3-4-7(13)11(15)16/h6-7H,2-5H2,1H3,(H,15,16)/t7-/m0/s1. The molecule has 0 radical (unpaired) electrons. The second kappa shape index (κ2) is 4.57. The zero-order valence-corrected chi connectivity index (χ0v) is 9.55. The number of rotatable bonds is 3. The SMILES string of the molecule is CCc1ocnc1C(=O)N1CCC[C@H]1C(=O)O. The van der Waals surface area contributed by atoms with E-state index in [1.54, 1.807) is 0 Å². The average molecular weight is 238 g/mol. The van der Waals surface area contributed by atoms with E-state index in [1.807, 2.05) is 6.92 Å². The molecule has 0 saturated carbocycles. The third-order valence-corrected chi connectivity index (χ3v) is 2.96. The predicted molar refractivity (Wildman–Crippen MR) is 57.6 cm³/mol. The zero-order valence-electron chi connectivity index (χ0n) is 9.55. The Balaban J connectivity index is 2.23. The van der Waals surface area contributed by atoms with Crippen LogP contribution in [0.3, 0.4) is 0 Å². The highest BCUT2D eigenvalue weighted by atomic mass is 16.4. The summed E-state index contributed by atoms with van der Waals surface area (Å²) in [6, 6.07) is -0.732. The molecular weight excluding hydrogens is 224 g/mol. The summed E-state index contributed by atoms with van der Waals surface area (Å²) in [6.07, 6.45) is 2.99. The number of nitrogens with zero attached hydrogens (tertiary/aromatic N) is 2. The summed E-state index contributed by atoms with van der Waals surface area (Å²) < 4.78 is 5.08. The highest BCUT2D eigenvalue weighted by molar-refractivity contribution is 5.96. The van der Waals surface area contributed by atoms with Crippen LogP contribution in [0.25, 0.3) is 0 Å². The van der Waals surface area contributed by atoms with E-state index < -0.39 is 12.0 Å². The third-order valence-electron chi connectivity index (χ3n) is 2.96. The van der Waals surface area contributed by atoms with Gasteiger partial charge in [0.15, 0.2) is 12.1 Å². The number of carbonyl (C=O) groups is 2. The van der Waals surface area contributed by atoms with Gasteiger partial charge >= 0.3 is 5.97 Å². The molecule has 1 fully saturated rings. The van der Waals surface area contributed by atoms with Crippen LogP contribution in [0.2, 0.25) is 0 Å². The molecule has 1 atom stereocenters. The Labute approximate surface area is 98.2 Å². The van der Waals surface area contributed by atoms with Crippen LogP contribution < -0.4 is 0 Å². The van der Waals surface area contributed by atoms with E-state index in [0.717, 1.165) is 0 Å². The Kier molecular flexibility index (Phi) is 3.12. The average Bonchev–Trinajstić information content (AvgIpc) is 2.96. The molecule has 2 heterocycles. The van der Waals surface area contributed by atoms with Gasteiger partial charge in [-0.15, -0.1) is 0 Å². The fraction of sp³-hybridized carbons (Fsp3) is 0.545. The van der Waals surface area contributed by atoms with E-state index >= 15 is 0 Å². The second-order valence-corrected chi connectivity index (χ2v) is 3.97. The molecule has 0 spiro atoms. The number of carbonyl (C=O) groups excluding carboxylic acids is 1. The maximum absolute atomic E-state index is 12.1. The monoisotopic (exact) mass is 238 g/mol. The predicted octanol–water partition coefficient (Wildman–Crippen LogP) is 0.926. The number of oxazole rings is 1. The van der Waals surface area contributed by atoms with Crippen molar-refractivity contribution in [3.63, 3.8) is 0 Å². The number of aromatic nitrogens is 1. The molecule has 0 aliphatic carbocycles. The lowest BCUT2D eigenvalue weighted by Gasteiger charge is -2.20. The molecule has 1 amide bonds. The van der Waals surface area contributed by atoms with Crippen LogP contribution in [0.15, 0.2) is 10.8 Å². The first-order valence-electron chi connectivity index (χ1n) is 5.61. The number of carboxylic acid groups (broad SMARTS) is 1. The number of hydrogen-bond acceptors (Lipinski definition) is 4. The molecule has 1 aliphatic heterocycles. The fourth-order valence-corrected chi connectivity index (χ4v) is 2.10. The van der Waals surface area contributed by atoms with Gasteiger partial charge in [0.2, 0.25) is 0 Å². The summed E-state index contributed by atoms with van der Waals surface area (Å²) in [5, 5.41) is 9.02. The summed E-state index contributed by atoms with van der Waals surface area (Å²) in [6.45, 7) is 2.32. The van der Waals surface area contributed by atoms with Crippen LogP contribution in [0.5, 0.6) is 0 Å². The highest BCUT2D eigenvalue weighted by Gasteiger charge is 2.36. The normalized spacial score (nSPS) is 19.6. The molecule has 1 aliphatic rings. The van der Waals surface area contributed by atoms with Crippen LogP contribution in [0, 0.1) is 0 Å². The quantitative estimate of drug-likeness (QED) is 0.846. The van der Waals surface area contributed by atoms with Crippen molar-refractivity contribution in [2.45, 2.75) is 32.2 Å². The number of aryl methyl sites for hydroxylation is 1. The van der Waals surface area contributed by atoms with Crippen molar-refractivity contribution >= 4 is 11.9 Å². The highest BCUT2D eigenvalue weighted by Crippen LogP contribution is 2.21. The van der Waals surface area contributed by atoms with E-state index in [-0.39, 0.29) is 11.6 Å². The van der Waals surface area contributed by atoms with Gasteiger partial charge in [0, 0.05) is 13.0 Å². The van der Waals surface area contributed by atoms with E-state index in [4.69, 9.17) is 9.52 Å². The van der Waals surface area contributed by atoms with Crippen LogP contribution in [0.1, 0.15) is 36.0 Å². The number of likely N-dealkylation sites (tertiary alicyclic amines) is 1. The number of amides is 1. The Morgan fingerprint density at radius 3 is 3.06 bits per heavy atom. The summed E-state index contributed by atoms with van der Waals surface area (Å²) in [5.74, 6) is -0.802.